The van der Waals surface area contributed by atoms with Gasteiger partial charge < -0.3 is 5.11 Å². The van der Waals surface area contributed by atoms with Gasteiger partial charge in [0.25, 0.3) is 11.8 Å². The molecule has 4 aromatic carbocycles. The Hall–Kier alpha value is -5.02. The van der Waals surface area contributed by atoms with E-state index < -0.39 is 52.6 Å². The van der Waals surface area contributed by atoms with Crippen LogP contribution in [0.3, 0.4) is 0 Å². The lowest BCUT2D eigenvalue weighted by molar-refractivity contribution is -0.144. The molecule has 9 rings (SSSR count). The molecule has 52 heavy (non-hydrogen) atoms. The predicted molar refractivity (Wildman–Crippen MR) is 193 cm³/mol. The Morgan fingerprint density at radius 3 is 2.23 bits per heavy atom. The number of imide groups is 2. The number of carbonyl (C=O) groups is 4. The van der Waals surface area contributed by atoms with E-state index in [0.29, 0.717) is 33.5 Å². The molecule has 3 aliphatic carbocycles. The molecule has 4 fully saturated rings. The molecule has 0 aromatic heterocycles. The number of phenolic OH excluding ortho intramolecular Hbond substituents is 1. The van der Waals surface area contributed by atoms with Gasteiger partial charge in [0.2, 0.25) is 11.8 Å². The number of hydrogen-bond donors (Lipinski definition) is 2. The number of fused-ring (bicyclic) bond motifs is 5. The molecule has 0 bridgehead atoms. The van der Waals surface area contributed by atoms with E-state index in [4.69, 9.17) is 11.6 Å². The van der Waals surface area contributed by atoms with E-state index in [0.717, 1.165) is 48.2 Å². The van der Waals surface area contributed by atoms with Crippen molar-refractivity contribution < 1.29 is 28.7 Å². The van der Waals surface area contributed by atoms with E-state index in [1.54, 1.807) is 35.2 Å². The van der Waals surface area contributed by atoms with E-state index in [1.165, 1.54) is 24.3 Å². The second-order valence-electron chi connectivity index (χ2n) is 14.9. The molecule has 4 amide bonds. The van der Waals surface area contributed by atoms with Crippen LogP contribution in [-0.2, 0) is 24.6 Å². The average molecular weight is 718 g/mol. The number of rotatable bonds is 5. The van der Waals surface area contributed by atoms with Crippen LogP contribution in [0.15, 0.2) is 96.6 Å². The highest BCUT2D eigenvalue weighted by Gasteiger charge is 2.70. The normalized spacial score (nSPS) is 28.9. The van der Waals surface area contributed by atoms with Crippen LogP contribution in [0.25, 0.3) is 10.8 Å². The summed E-state index contributed by atoms with van der Waals surface area (Å²) in [6, 6.07) is 23.2. The number of amides is 4. The minimum absolute atomic E-state index is 0.0783. The maximum Gasteiger partial charge on any atom is 0.260 e. The summed E-state index contributed by atoms with van der Waals surface area (Å²) in [5.41, 5.74) is 4.02. The summed E-state index contributed by atoms with van der Waals surface area (Å²) in [4.78, 5) is 60.6. The number of nitrogens with zero attached hydrogens (tertiary/aromatic N) is 2. The van der Waals surface area contributed by atoms with Gasteiger partial charge in [-0.1, -0.05) is 85.0 Å². The van der Waals surface area contributed by atoms with Crippen molar-refractivity contribution in [3.05, 3.63) is 119 Å². The lowest BCUT2D eigenvalue weighted by Gasteiger charge is -2.51. The number of aromatic hydroxyl groups is 1. The van der Waals surface area contributed by atoms with Gasteiger partial charge in [-0.25, -0.2) is 4.39 Å². The molecule has 6 unspecified atom stereocenters. The van der Waals surface area contributed by atoms with Crippen molar-refractivity contribution in [1.82, 2.24) is 9.91 Å². The largest absolute Gasteiger partial charge is 0.507 e. The highest BCUT2D eigenvalue weighted by atomic mass is 35.5. The van der Waals surface area contributed by atoms with Crippen LogP contribution in [0.2, 0.25) is 5.02 Å². The molecule has 2 N–H and O–H groups in total. The molecule has 2 saturated carbocycles. The number of anilines is 1. The lowest BCUT2D eigenvalue weighted by Crippen LogP contribution is -2.53. The highest BCUT2D eigenvalue weighted by Crippen LogP contribution is 2.65. The summed E-state index contributed by atoms with van der Waals surface area (Å²) in [5, 5.41) is 13.8. The number of nitrogens with one attached hydrogen (secondary N) is 1. The van der Waals surface area contributed by atoms with E-state index >= 15 is 4.79 Å². The van der Waals surface area contributed by atoms with E-state index in [9.17, 15) is 23.9 Å². The minimum atomic E-state index is -1.50. The van der Waals surface area contributed by atoms with Gasteiger partial charge in [-0.2, -0.15) is 5.01 Å². The van der Waals surface area contributed by atoms with Crippen molar-refractivity contribution in [3.8, 4) is 5.75 Å². The van der Waals surface area contributed by atoms with E-state index in [-0.39, 0.29) is 30.0 Å². The van der Waals surface area contributed by atoms with Crippen molar-refractivity contribution in [2.24, 2.45) is 23.7 Å². The zero-order valence-corrected chi connectivity index (χ0v) is 29.1. The number of allylic oxidation sites excluding steroid dienone is 2. The second kappa shape index (κ2) is 12.3. The van der Waals surface area contributed by atoms with Crippen LogP contribution < -0.4 is 5.43 Å². The van der Waals surface area contributed by atoms with E-state index in [2.05, 4.69) is 11.5 Å². The molecular weight excluding hydrogens is 681 g/mol. The molecule has 0 spiro atoms. The van der Waals surface area contributed by atoms with Gasteiger partial charge >= 0.3 is 0 Å². The van der Waals surface area contributed by atoms with Crippen LogP contribution in [0, 0.1) is 29.5 Å². The predicted octanol–water partition coefficient (Wildman–Crippen LogP) is 7.66. The van der Waals surface area contributed by atoms with Crippen molar-refractivity contribution in [2.45, 2.75) is 62.3 Å². The van der Waals surface area contributed by atoms with Gasteiger partial charge in [-0.05, 0) is 90.6 Å². The fourth-order valence-electron chi connectivity index (χ4n) is 10.3. The molecule has 2 saturated heterocycles. The summed E-state index contributed by atoms with van der Waals surface area (Å²) >= 11 is 6.41. The quantitative estimate of drug-likeness (QED) is 0.162. The number of halogens is 2. The molecule has 0 radical (unpaired) electrons. The first kappa shape index (κ1) is 32.9. The third-order valence-electron chi connectivity index (χ3n) is 12.5. The number of hydrazine groups is 1. The third-order valence-corrected chi connectivity index (χ3v) is 12.7. The maximum atomic E-state index is 15.4. The van der Waals surface area contributed by atoms with Crippen molar-refractivity contribution in [3.63, 3.8) is 0 Å². The van der Waals surface area contributed by atoms with Gasteiger partial charge in [-0.15, -0.1) is 0 Å². The summed E-state index contributed by atoms with van der Waals surface area (Å²) in [6.45, 7) is 0. The monoisotopic (exact) mass is 717 g/mol. The number of carbonyl (C=O) groups excluding carboxylic acids is 4. The zero-order valence-electron chi connectivity index (χ0n) is 28.3. The molecule has 264 valence electrons. The molecule has 4 aromatic rings. The Morgan fingerprint density at radius 2 is 1.50 bits per heavy atom. The molecule has 5 aliphatic rings. The molecule has 2 heterocycles. The SMILES string of the molecule is O=C1C2CC3C(=CCC4C(=O)N(C5CCCCC5)C(=O)C43)C(c3ccc(O)c4ccccc34)C2(c2ccc(Cl)cc2)C(=O)N1Nc1ccc(F)cc1. The standard InChI is InChI=1S/C42H37ClFN3O5/c43-24-12-10-23(11-13-24)42-34(39(50)47(41(42)52)45-26-16-14-25(44)15-17-26)22-33-31(37(42)30-20-21-35(48)29-9-5-4-8-28(29)30)18-19-32-36(33)40(51)46(38(32)49)27-6-2-1-3-7-27/h4-5,8-18,20-21,27,32-34,36-37,45,48H,1-3,6-7,19,22H2. The van der Waals surface area contributed by atoms with Crippen molar-refractivity contribution in [2.75, 3.05) is 5.43 Å². The van der Waals surface area contributed by atoms with Gasteiger partial charge in [0, 0.05) is 22.4 Å². The van der Waals surface area contributed by atoms with Gasteiger partial charge in [-0.3, -0.25) is 29.5 Å². The summed E-state index contributed by atoms with van der Waals surface area (Å²) < 4.78 is 13.9. The molecule has 8 nitrogen and oxygen atoms in total. The van der Waals surface area contributed by atoms with Crippen LogP contribution in [0.1, 0.15) is 62.0 Å². The smallest absolute Gasteiger partial charge is 0.260 e. The first-order valence-electron chi connectivity index (χ1n) is 18.1. The topological polar surface area (TPSA) is 107 Å². The first-order valence-corrected chi connectivity index (χ1v) is 18.5. The van der Waals surface area contributed by atoms with Gasteiger partial charge in [0.15, 0.2) is 0 Å². The highest BCUT2D eigenvalue weighted by molar-refractivity contribution is 6.30. The zero-order chi connectivity index (χ0) is 35.9. The maximum absolute atomic E-state index is 15.4. The first-order chi connectivity index (χ1) is 25.2. The van der Waals surface area contributed by atoms with Crippen LogP contribution in [-0.4, -0.2) is 44.7 Å². The minimum Gasteiger partial charge on any atom is -0.507 e. The lowest BCUT2D eigenvalue weighted by atomic mass is 9.49. The summed E-state index contributed by atoms with van der Waals surface area (Å²) in [5.74, 6) is -5.05. The second-order valence-corrected chi connectivity index (χ2v) is 15.4. The number of likely N-dealkylation sites (tertiary alicyclic amines) is 1. The van der Waals surface area contributed by atoms with Crippen LogP contribution in [0.4, 0.5) is 10.1 Å². The summed E-state index contributed by atoms with van der Waals surface area (Å²) in [6.07, 6.45) is 7.19. The van der Waals surface area contributed by atoms with E-state index in [1.807, 2.05) is 30.3 Å². The fourth-order valence-corrected chi connectivity index (χ4v) is 10.4. The van der Waals surface area contributed by atoms with Crippen LogP contribution >= 0.6 is 11.6 Å². The molecule has 2 aliphatic heterocycles. The Morgan fingerprint density at radius 1 is 0.788 bits per heavy atom. The fraction of sp³-hybridized carbons (Fsp3) is 0.333. The van der Waals surface area contributed by atoms with Crippen molar-refractivity contribution in [1.29, 1.82) is 0 Å². The molecule has 6 atom stereocenters. The Balaban J connectivity index is 1.27. The van der Waals surface area contributed by atoms with Gasteiger partial charge in [0.05, 0.1) is 28.9 Å². The Kier molecular flexibility index (Phi) is 7.77. The third kappa shape index (κ3) is 4.71. The van der Waals surface area contributed by atoms with Crippen LogP contribution in [0.5, 0.6) is 5.75 Å². The number of phenols is 1. The Labute approximate surface area is 305 Å². The number of benzene rings is 4. The van der Waals surface area contributed by atoms with Gasteiger partial charge in [0.1, 0.15) is 11.6 Å². The Bertz CT molecular complexity index is 2180. The average Bonchev–Trinajstić information content (AvgIpc) is 3.54. The molecule has 10 heteroatoms. The number of hydrogen-bond acceptors (Lipinski definition) is 6. The summed E-state index contributed by atoms with van der Waals surface area (Å²) in [7, 11) is 0. The van der Waals surface area contributed by atoms with Crippen molar-refractivity contribution >= 4 is 51.7 Å². The molecular formula is C42H37ClFN3O5.